The Balaban J connectivity index is 2.42. The lowest BCUT2D eigenvalue weighted by Gasteiger charge is -2.28. The number of nitrogens with zero attached hydrogens (tertiary/aromatic N) is 2. The summed E-state index contributed by atoms with van der Waals surface area (Å²) in [4.78, 5) is 28.9. The van der Waals surface area contributed by atoms with E-state index < -0.39 is 17.9 Å². The number of aliphatic carboxylic acids is 1. The molecule has 1 aromatic rings. The van der Waals surface area contributed by atoms with Crippen LogP contribution in [0.1, 0.15) is 31.3 Å². The number of hydrogen-bond donors (Lipinski definition) is 1. The summed E-state index contributed by atoms with van der Waals surface area (Å²) in [6, 6.07) is -0.568. The molecule has 0 saturated carbocycles. The number of hydrogen-bond acceptors (Lipinski definition) is 4. The summed E-state index contributed by atoms with van der Waals surface area (Å²) in [5.74, 6) is -1.86. The van der Waals surface area contributed by atoms with Crippen LogP contribution < -0.4 is 0 Å². The fraction of sp³-hybridized carbons (Fsp3) is 0.545. The first-order chi connectivity index (χ1) is 8.41. The maximum absolute atomic E-state index is 11.9. The van der Waals surface area contributed by atoms with Gasteiger partial charge in [-0.15, -0.1) is 11.3 Å². The van der Waals surface area contributed by atoms with E-state index in [4.69, 9.17) is 11.6 Å². The Morgan fingerprint density at radius 3 is 2.78 bits per heavy atom. The van der Waals surface area contributed by atoms with Gasteiger partial charge in [0.25, 0.3) is 0 Å². The molecule has 2 rings (SSSR count). The van der Waals surface area contributed by atoms with Crippen LogP contribution in [0.3, 0.4) is 0 Å². The number of carboxylic acids is 1. The van der Waals surface area contributed by atoms with Crippen LogP contribution in [-0.4, -0.2) is 32.9 Å². The Bertz CT molecular complexity index is 488. The van der Waals surface area contributed by atoms with Gasteiger partial charge in [0.2, 0.25) is 5.91 Å². The molecule has 5 nitrogen and oxygen atoms in total. The predicted molar refractivity (Wildman–Crippen MR) is 67.6 cm³/mol. The maximum atomic E-state index is 11.9. The number of amides is 1. The smallest absolute Gasteiger partial charge is 0.309 e. The zero-order valence-corrected chi connectivity index (χ0v) is 11.5. The molecule has 0 bridgehead atoms. The highest BCUT2D eigenvalue weighted by molar-refractivity contribution is 7.15. The molecule has 0 spiro atoms. The van der Waals surface area contributed by atoms with Gasteiger partial charge in [0.1, 0.15) is 9.34 Å². The molecule has 1 amide bonds. The predicted octanol–water partition coefficient (Wildman–Crippen LogP) is 2.18. The van der Waals surface area contributed by atoms with Gasteiger partial charge in [-0.3, -0.25) is 9.59 Å². The molecule has 0 radical (unpaired) electrons. The summed E-state index contributed by atoms with van der Waals surface area (Å²) in [5, 5.41) is 9.82. The van der Waals surface area contributed by atoms with Crippen molar-refractivity contribution in [3.05, 3.63) is 15.5 Å². The van der Waals surface area contributed by atoms with E-state index in [0.717, 1.165) is 0 Å². The second kappa shape index (κ2) is 4.85. The van der Waals surface area contributed by atoms with Gasteiger partial charge in [0.15, 0.2) is 0 Å². The number of aromatic nitrogens is 1. The normalized spacial score (nSPS) is 24.0. The number of halogens is 1. The highest BCUT2D eigenvalue weighted by Gasteiger charge is 2.47. The van der Waals surface area contributed by atoms with Crippen LogP contribution in [0, 0.1) is 5.92 Å². The molecule has 0 aromatic carbocycles. The van der Waals surface area contributed by atoms with Crippen LogP contribution in [0.15, 0.2) is 6.20 Å². The van der Waals surface area contributed by atoms with Crippen molar-refractivity contribution in [2.45, 2.75) is 32.4 Å². The first-order valence-electron chi connectivity index (χ1n) is 5.57. The Kier molecular flexibility index (Phi) is 3.59. The van der Waals surface area contributed by atoms with Crippen molar-refractivity contribution in [1.82, 2.24) is 9.88 Å². The second-order valence-electron chi connectivity index (χ2n) is 4.49. The van der Waals surface area contributed by atoms with Crippen molar-refractivity contribution >= 4 is 34.8 Å². The second-order valence-corrected chi connectivity index (χ2v) is 6.18. The molecule has 7 heteroatoms. The quantitative estimate of drug-likeness (QED) is 0.925. The van der Waals surface area contributed by atoms with Crippen molar-refractivity contribution in [2.24, 2.45) is 5.92 Å². The van der Waals surface area contributed by atoms with Gasteiger partial charge < -0.3 is 10.0 Å². The lowest BCUT2D eigenvalue weighted by molar-refractivity contribution is -0.142. The standard InChI is InChI=1S/C11H13ClN2O3S/c1-5(2)14-8(15)3-6(11(16)17)9(14)10-13-4-7(12)18-10/h4-6,9H,3H2,1-2H3,(H,16,17). The van der Waals surface area contributed by atoms with E-state index >= 15 is 0 Å². The van der Waals surface area contributed by atoms with Crippen molar-refractivity contribution in [3.8, 4) is 0 Å². The Labute approximate surface area is 113 Å². The first kappa shape index (κ1) is 13.3. The van der Waals surface area contributed by atoms with Crippen molar-refractivity contribution in [1.29, 1.82) is 0 Å². The zero-order chi connectivity index (χ0) is 13.4. The summed E-state index contributed by atoms with van der Waals surface area (Å²) >= 11 is 7.06. The third-order valence-electron chi connectivity index (χ3n) is 2.99. The summed E-state index contributed by atoms with van der Waals surface area (Å²) in [6.07, 6.45) is 1.51. The number of carbonyl (C=O) groups excluding carboxylic acids is 1. The Morgan fingerprint density at radius 1 is 1.67 bits per heavy atom. The highest BCUT2D eigenvalue weighted by Crippen LogP contribution is 2.41. The molecule has 1 aliphatic rings. The van der Waals surface area contributed by atoms with Gasteiger partial charge in [-0.05, 0) is 13.8 Å². The van der Waals surface area contributed by atoms with Gasteiger partial charge >= 0.3 is 5.97 Å². The average molecular weight is 289 g/mol. The highest BCUT2D eigenvalue weighted by atomic mass is 35.5. The largest absolute Gasteiger partial charge is 0.481 e. The van der Waals surface area contributed by atoms with E-state index in [9.17, 15) is 14.7 Å². The first-order valence-corrected chi connectivity index (χ1v) is 6.76. The molecular weight excluding hydrogens is 276 g/mol. The summed E-state index contributed by atoms with van der Waals surface area (Å²) < 4.78 is 0.497. The summed E-state index contributed by atoms with van der Waals surface area (Å²) in [6.45, 7) is 3.73. The fourth-order valence-corrected chi connectivity index (χ4v) is 3.38. The molecule has 1 aliphatic heterocycles. The number of rotatable bonds is 3. The maximum Gasteiger partial charge on any atom is 0.309 e. The molecule has 1 fully saturated rings. The molecular formula is C11H13ClN2O3S. The summed E-state index contributed by atoms with van der Waals surface area (Å²) in [5.41, 5.74) is 0. The number of carboxylic acid groups (broad SMARTS) is 1. The fourth-order valence-electron chi connectivity index (χ4n) is 2.28. The van der Waals surface area contributed by atoms with Gasteiger partial charge in [-0.25, -0.2) is 4.98 Å². The average Bonchev–Trinajstić information content (AvgIpc) is 2.81. The van der Waals surface area contributed by atoms with E-state index in [1.165, 1.54) is 17.5 Å². The molecule has 1 saturated heterocycles. The van der Waals surface area contributed by atoms with Crippen LogP contribution in [0.25, 0.3) is 0 Å². The van der Waals surface area contributed by atoms with E-state index in [0.29, 0.717) is 9.34 Å². The van der Waals surface area contributed by atoms with Gasteiger partial charge in [-0.2, -0.15) is 0 Å². The van der Waals surface area contributed by atoms with Crippen LogP contribution >= 0.6 is 22.9 Å². The van der Waals surface area contributed by atoms with E-state index in [2.05, 4.69) is 4.98 Å². The van der Waals surface area contributed by atoms with Gasteiger partial charge in [0.05, 0.1) is 18.2 Å². The topological polar surface area (TPSA) is 70.5 Å². The number of thiazole rings is 1. The van der Waals surface area contributed by atoms with E-state index in [1.54, 1.807) is 4.90 Å². The molecule has 2 heterocycles. The molecule has 0 aliphatic carbocycles. The van der Waals surface area contributed by atoms with Crippen LogP contribution in [0.2, 0.25) is 4.34 Å². The van der Waals surface area contributed by atoms with Gasteiger partial charge in [0, 0.05) is 12.5 Å². The van der Waals surface area contributed by atoms with Crippen LogP contribution in [0.4, 0.5) is 0 Å². The minimum atomic E-state index is -0.970. The Morgan fingerprint density at radius 2 is 2.33 bits per heavy atom. The van der Waals surface area contributed by atoms with Crippen molar-refractivity contribution in [3.63, 3.8) is 0 Å². The summed E-state index contributed by atoms with van der Waals surface area (Å²) in [7, 11) is 0. The molecule has 1 N–H and O–H groups in total. The molecule has 98 valence electrons. The zero-order valence-electron chi connectivity index (χ0n) is 9.96. The molecule has 1 aromatic heterocycles. The SMILES string of the molecule is CC(C)N1C(=O)CC(C(=O)O)C1c1ncc(Cl)s1. The minimum absolute atomic E-state index is 0.0232. The third kappa shape index (κ3) is 2.22. The van der Waals surface area contributed by atoms with E-state index in [1.807, 2.05) is 13.8 Å². The van der Waals surface area contributed by atoms with Crippen LogP contribution in [-0.2, 0) is 9.59 Å². The monoisotopic (exact) mass is 288 g/mol. The molecule has 18 heavy (non-hydrogen) atoms. The number of carbonyl (C=O) groups is 2. The lowest BCUT2D eigenvalue weighted by Crippen LogP contribution is -2.36. The third-order valence-corrected chi connectivity index (χ3v) is 4.17. The van der Waals surface area contributed by atoms with Crippen LogP contribution in [0.5, 0.6) is 0 Å². The minimum Gasteiger partial charge on any atom is -0.481 e. The van der Waals surface area contributed by atoms with Crippen molar-refractivity contribution < 1.29 is 14.7 Å². The van der Waals surface area contributed by atoms with Gasteiger partial charge in [-0.1, -0.05) is 11.6 Å². The number of likely N-dealkylation sites (tertiary alicyclic amines) is 1. The molecule has 2 atom stereocenters. The Hall–Kier alpha value is -1.14. The van der Waals surface area contributed by atoms with Crippen molar-refractivity contribution in [2.75, 3.05) is 0 Å². The van der Waals surface area contributed by atoms with E-state index in [-0.39, 0.29) is 18.4 Å². The lowest BCUT2D eigenvalue weighted by atomic mass is 10.0. The molecule has 2 unspecified atom stereocenters.